The summed E-state index contributed by atoms with van der Waals surface area (Å²) >= 11 is 4.55. The summed E-state index contributed by atoms with van der Waals surface area (Å²) in [6.07, 6.45) is 3.47. The van der Waals surface area contributed by atoms with Crippen molar-refractivity contribution in [3.63, 3.8) is 0 Å². The predicted molar refractivity (Wildman–Crippen MR) is 89.9 cm³/mol. The highest BCUT2D eigenvalue weighted by Gasteiger charge is 2.08. The van der Waals surface area contributed by atoms with E-state index in [-0.39, 0.29) is 11.5 Å². The number of unbranched alkanes of at least 4 members (excludes halogenated alkanes) is 1. The number of hydrogen-bond donors (Lipinski definition) is 0. The molecule has 0 saturated carbocycles. The van der Waals surface area contributed by atoms with Crippen LogP contribution < -0.4 is 0 Å². The molecule has 0 N–H and O–H groups in total. The second kappa shape index (κ2) is 7.26. The summed E-state index contributed by atoms with van der Waals surface area (Å²) in [4.78, 5) is 3.78. The molecule has 0 bridgehead atoms. The monoisotopic (exact) mass is 299 g/mol. The van der Waals surface area contributed by atoms with Crippen molar-refractivity contribution < 1.29 is 4.39 Å². The normalized spacial score (nSPS) is 10.2. The van der Waals surface area contributed by atoms with Crippen LogP contribution in [0.2, 0.25) is 0 Å². The second-order valence-corrected chi connectivity index (χ2v) is 5.31. The van der Waals surface area contributed by atoms with Crippen LogP contribution in [-0.2, 0) is 6.42 Å². The maximum absolute atomic E-state index is 14.0. The van der Waals surface area contributed by atoms with E-state index in [9.17, 15) is 4.39 Å². The summed E-state index contributed by atoms with van der Waals surface area (Å²) in [5.74, 6) is -0.364. The van der Waals surface area contributed by atoms with Crippen LogP contribution in [0, 0.1) is 12.7 Å². The molecule has 0 aromatic heterocycles. The van der Waals surface area contributed by atoms with E-state index in [1.54, 1.807) is 0 Å². The zero-order valence-corrected chi connectivity index (χ0v) is 13.1. The number of benzene rings is 2. The van der Waals surface area contributed by atoms with E-state index >= 15 is 0 Å². The minimum atomic E-state index is -0.364. The van der Waals surface area contributed by atoms with E-state index in [2.05, 4.69) is 41.4 Å². The van der Waals surface area contributed by atoms with Gasteiger partial charge in [-0.1, -0.05) is 37.6 Å². The lowest BCUT2D eigenvalue weighted by atomic mass is 9.99. The summed E-state index contributed by atoms with van der Waals surface area (Å²) in [6.45, 7) is 4.01. The largest absolute Gasteiger partial charge is 0.205 e. The third kappa shape index (κ3) is 3.84. The van der Waals surface area contributed by atoms with Crippen LogP contribution >= 0.6 is 12.2 Å². The number of thiocarbonyl (C=S) groups is 1. The summed E-state index contributed by atoms with van der Waals surface area (Å²) in [5, 5.41) is 2.22. The third-order valence-electron chi connectivity index (χ3n) is 3.52. The number of halogens is 1. The fraction of sp³-hybridized carbons (Fsp3) is 0.278. The van der Waals surface area contributed by atoms with Gasteiger partial charge in [0.15, 0.2) is 5.82 Å². The van der Waals surface area contributed by atoms with Gasteiger partial charge in [-0.3, -0.25) is 0 Å². The van der Waals surface area contributed by atoms with Crippen LogP contribution in [0.15, 0.2) is 41.4 Å². The van der Waals surface area contributed by atoms with Gasteiger partial charge in [-0.25, -0.2) is 4.39 Å². The Morgan fingerprint density at radius 3 is 2.43 bits per heavy atom. The average molecular weight is 299 g/mol. The van der Waals surface area contributed by atoms with E-state index in [1.165, 1.54) is 24.5 Å². The first-order valence-corrected chi connectivity index (χ1v) is 7.54. The Bertz CT molecular complexity index is 647. The zero-order chi connectivity index (χ0) is 15.2. The van der Waals surface area contributed by atoms with Gasteiger partial charge in [0, 0.05) is 0 Å². The van der Waals surface area contributed by atoms with Crippen LogP contribution in [0.1, 0.15) is 30.9 Å². The minimum absolute atomic E-state index is 0.272. The SMILES string of the molecule is CCCCc1ccc(-c2cc(C)c(N=C=S)c(F)c2)cc1. The molecular weight excluding hydrogens is 281 g/mol. The molecule has 0 heterocycles. The highest BCUT2D eigenvalue weighted by atomic mass is 32.1. The second-order valence-electron chi connectivity index (χ2n) is 5.13. The molecule has 0 fully saturated rings. The topological polar surface area (TPSA) is 12.4 Å². The summed E-state index contributed by atoms with van der Waals surface area (Å²) < 4.78 is 14.0. The van der Waals surface area contributed by atoms with E-state index in [0.29, 0.717) is 0 Å². The van der Waals surface area contributed by atoms with Gasteiger partial charge in [0.05, 0.1) is 5.16 Å². The molecule has 2 rings (SSSR count). The molecule has 2 aromatic carbocycles. The Labute approximate surface area is 130 Å². The Kier molecular flexibility index (Phi) is 5.38. The van der Waals surface area contributed by atoms with Gasteiger partial charge in [-0.15, -0.1) is 0 Å². The van der Waals surface area contributed by atoms with Gasteiger partial charge in [0.2, 0.25) is 0 Å². The van der Waals surface area contributed by atoms with E-state index in [4.69, 9.17) is 0 Å². The van der Waals surface area contributed by atoms with Crippen molar-refractivity contribution in [2.75, 3.05) is 0 Å². The lowest BCUT2D eigenvalue weighted by Gasteiger charge is -2.08. The number of aliphatic imine (C=N–C) groups is 1. The third-order valence-corrected chi connectivity index (χ3v) is 3.61. The lowest BCUT2D eigenvalue weighted by Crippen LogP contribution is -1.88. The molecule has 0 saturated heterocycles. The molecule has 21 heavy (non-hydrogen) atoms. The van der Waals surface area contributed by atoms with Crippen molar-refractivity contribution in [1.82, 2.24) is 0 Å². The molecule has 0 radical (unpaired) electrons. The number of hydrogen-bond acceptors (Lipinski definition) is 2. The first-order valence-electron chi connectivity index (χ1n) is 7.13. The molecule has 2 aromatic rings. The molecule has 1 nitrogen and oxygen atoms in total. The first-order chi connectivity index (χ1) is 10.2. The van der Waals surface area contributed by atoms with Crippen LogP contribution in [0.25, 0.3) is 11.1 Å². The molecule has 0 unspecified atom stereocenters. The fourth-order valence-electron chi connectivity index (χ4n) is 2.34. The highest BCUT2D eigenvalue weighted by molar-refractivity contribution is 7.78. The Morgan fingerprint density at radius 2 is 1.86 bits per heavy atom. The molecular formula is C18H18FNS. The van der Waals surface area contributed by atoms with Crippen LogP contribution in [0.3, 0.4) is 0 Å². The standard InChI is InChI=1S/C18H18FNS/c1-3-4-5-14-6-8-15(9-7-14)16-10-13(2)18(20-12-21)17(19)11-16/h6-11H,3-5H2,1-2H3. The zero-order valence-electron chi connectivity index (χ0n) is 12.3. The van der Waals surface area contributed by atoms with Crippen LogP contribution in [0.5, 0.6) is 0 Å². The van der Waals surface area contributed by atoms with E-state index < -0.39 is 0 Å². The summed E-state index contributed by atoms with van der Waals surface area (Å²) in [5.41, 5.74) is 4.22. The Hall–Kier alpha value is -1.83. The molecule has 0 aliphatic rings. The van der Waals surface area contributed by atoms with Crippen LogP contribution in [0.4, 0.5) is 10.1 Å². The van der Waals surface area contributed by atoms with Gasteiger partial charge >= 0.3 is 0 Å². The maximum Gasteiger partial charge on any atom is 0.150 e. The number of nitrogens with zero attached hydrogens (tertiary/aromatic N) is 1. The Morgan fingerprint density at radius 1 is 1.14 bits per heavy atom. The van der Waals surface area contributed by atoms with Gasteiger partial charge in [0.25, 0.3) is 0 Å². The Balaban J connectivity index is 2.32. The highest BCUT2D eigenvalue weighted by Crippen LogP contribution is 2.29. The van der Waals surface area contributed by atoms with Gasteiger partial charge in [0.1, 0.15) is 5.69 Å². The quantitative estimate of drug-likeness (QED) is 0.496. The van der Waals surface area contributed by atoms with Crippen molar-refractivity contribution >= 4 is 23.1 Å². The van der Waals surface area contributed by atoms with Crippen molar-refractivity contribution in [1.29, 1.82) is 0 Å². The van der Waals surface area contributed by atoms with E-state index in [0.717, 1.165) is 23.1 Å². The molecule has 3 heteroatoms. The minimum Gasteiger partial charge on any atom is -0.205 e. The predicted octanol–water partition coefficient (Wildman–Crippen LogP) is 5.88. The smallest absolute Gasteiger partial charge is 0.150 e. The van der Waals surface area contributed by atoms with Crippen molar-refractivity contribution in [3.8, 4) is 11.1 Å². The van der Waals surface area contributed by atoms with E-state index in [1.807, 2.05) is 25.1 Å². The number of isothiocyanates is 1. The molecule has 108 valence electrons. The maximum atomic E-state index is 14.0. The van der Waals surface area contributed by atoms with Gasteiger partial charge < -0.3 is 0 Å². The average Bonchev–Trinajstić information content (AvgIpc) is 2.49. The van der Waals surface area contributed by atoms with Crippen LogP contribution in [-0.4, -0.2) is 5.16 Å². The fourth-order valence-corrected chi connectivity index (χ4v) is 2.43. The summed E-state index contributed by atoms with van der Waals surface area (Å²) in [6, 6.07) is 11.7. The first kappa shape index (κ1) is 15.6. The van der Waals surface area contributed by atoms with Crippen molar-refractivity contribution in [2.45, 2.75) is 33.1 Å². The molecule has 0 spiro atoms. The lowest BCUT2D eigenvalue weighted by molar-refractivity contribution is 0.629. The molecule has 0 amide bonds. The number of aryl methyl sites for hydroxylation is 2. The molecule has 0 atom stereocenters. The van der Waals surface area contributed by atoms with Gasteiger partial charge in [-0.2, -0.15) is 4.99 Å². The number of rotatable bonds is 5. The molecule has 0 aliphatic carbocycles. The summed E-state index contributed by atoms with van der Waals surface area (Å²) in [7, 11) is 0. The van der Waals surface area contributed by atoms with Crippen molar-refractivity contribution in [3.05, 3.63) is 53.3 Å². The van der Waals surface area contributed by atoms with Crippen molar-refractivity contribution in [2.24, 2.45) is 4.99 Å². The molecule has 0 aliphatic heterocycles. The van der Waals surface area contributed by atoms with Gasteiger partial charge in [-0.05, 0) is 66.4 Å².